The van der Waals surface area contributed by atoms with Crippen molar-refractivity contribution in [2.45, 2.75) is 25.7 Å². The zero-order chi connectivity index (χ0) is 25.0. The molecule has 34 heavy (non-hydrogen) atoms. The van der Waals surface area contributed by atoms with Gasteiger partial charge < -0.3 is 9.84 Å². The maximum atomic E-state index is 13.2. The van der Waals surface area contributed by atoms with Crippen LogP contribution in [0, 0.1) is 24.0 Å². The highest BCUT2D eigenvalue weighted by molar-refractivity contribution is 7.92. The van der Waals surface area contributed by atoms with Crippen LogP contribution in [0.2, 0.25) is 0 Å². The number of aromatic hydroxyl groups is 1. The Morgan fingerprint density at radius 1 is 1.06 bits per heavy atom. The van der Waals surface area contributed by atoms with Crippen molar-refractivity contribution in [3.63, 3.8) is 0 Å². The summed E-state index contributed by atoms with van der Waals surface area (Å²) < 4.78 is 33.9. The van der Waals surface area contributed by atoms with Crippen LogP contribution in [0.3, 0.4) is 0 Å². The van der Waals surface area contributed by atoms with Crippen molar-refractivity contribution >= 4 is 32.8 Å². The van der Waals surface area contributed by atoms with Crippen LogP contribution in [-0.2, 0) is 10.0 Å². The monoisotopic (exact) mass is 484 g/mol. The van der Waals surface area contributed by atoms with Crippen molar-refractivity contribution in [2.75, 3.05) is 17.3 Å². The molecule has 0 aliphatic carbocycles. The van der Waals surface area contributed by atoms with Crippen molar-refractivity contribution in [1.29, 1.82) is 0 Å². The molecule has 0 amide bonds. The molecule has 3 N–H and O–H groups in total. The van der Waals surface area contributed by atoms with E-state index in [0.29, 0.717) is 28.3 Å². The fraction of sp³-hybridized carbons (Fsp3) is 0.174. The number of non-ortho nitro benzene ring substituents is 1. The number of ether oxygens (including phenoxy) is 1. The lowest BCUT2D eigenvalue weighted by atomic mass is 10.1. The van der Waals surface area contributed by atoms with E-state index in [4.69, 9.17) is 4.74 Å². The first-order valence-corrected chi connectivity index (χ1v) is 11.6. The third-order valence-corrected chi connectivity index (χ3v) is 6.44. The van der Waals surface area contributed by atoms with Crippen LogP contribution in [-0.4, -0.2) is 31.3 Å². The summed E-state index contributed by atoms with van der Waals surface area (Å²) >= 11 is 0. The number of nitro groups is 1. The van der Waals surface area contributed by atoms with Gasteiger partial charge in [-0.25, -0.2) is 8.42 Å². The van der Waals surface area contributed by atoms with Crippen LogP contribution in [0.4, 0.5) is 17.1 Å². The average molecular weight is 485 g/mol. The van der Waals surface area contributed by atoms with Gasteiger partial charge in [0.15, 0.2) is 0 Å². The molecule has 3 rings (SSSR count). The molecular formula is C23H24N4O6S. The second-order valence-corrected chi connectivity index (χ2v) is 9.20. The number of phenols is 1. The lowest BCUT2D eigenvalue weighted by molar-refractivity contribution is -0.385. The number of hydrazone groups is 1. The minimum Gasteiger partial charge on any atom is -0.507 e. The minimum absolute atomic E-state index is 0.0233. The Morgan fingerprint density at radius 3 is 2.38 bits per heavy atom. The molecule has 0 spiro atoms. The number of sulfonamides is 1. The number of aryl methyl sites for hydroxylation is 2. The van der Waals surface area contributed by atoms with Crippen molar-refractivity contribution in [3.8, 4) is 11.5 Å². The van der Waals surface area contributed by atoms with Crippen LogP contribution in [0.25, 0.3) is 0 Å². The van der Waals surface area contributed by atoms with Crippen molar-refractivity contribution in [2.24, 2.45) is 5.10 Å². The molecule has 3 aromatic rings. The SMILES string of the molecule is COc1ccc(/C(C)=N/Nc2ccc([N+](=O)[O-])cc2S(=O)(=O)Nc2ccc(C)cc2C)c(O)c1. The zero-order valence-corrected chi connectivity index (χ0v) is 19.8. The molecule has 0 bridgehead atoms. The van der Waals surface area contributed by atoms with Gasteiger partial charge in [0.05, 0.1) is 29.1 Å². The van der Waals surface area contributed by atoms with Crippen molar-refractivity contribution in [1.82, 2.24) is 0 Å². The summed E-state index contributed by atoms with van der Waals surface area (Å²) in [6.45, 7) is 5.25. The van der Waals surface area contributed by atoms with E-state index in [1.807, 2.05) is 13.0 Å². The molecule has 0 saturated heterocycles. The molecule has 3 aromatic carbocycles. The molecule has 11 heteroatoms. The van der Waals surface area contributed by atoms with E-state index >= 15 is 0 Å². The third-order valence-electron chi connectivity index (χ3n) is 5.03. The van der Waals surface area contributed by atoms with Crippen LogP contribution >= 0.6 is 0 Å². The first-order chi connectivity index (χ1) is 16.0. The highest BCUT2D eigenvalue weighted by atomic mass is 32.2. The summed E-state index contributed by atoms with van der Waals surface area (Å²) in [5.41, 5.74) is 5.05. The molecule has 0 atom stereocenters. The number of phenolic OH excluding ortho intramolecular Hbond substituents is 1. The summed E-state index contributed by atoms with van der Waals surface area (Å²) in [6, 6.07) is 13.3. The first kappa shape index (κ1) is 24.5. The number of nitrogens with one attached hydrogen (secondary N) is 2. The second kappa shape index (κ2) is 9.79. The Balaban J connectivity index is 2.00. The molecular weight excluding hydrogens is 460 g/mol. The van der Waals surface area contributed by atoms with E-state index < -0.39 is 14.9 Å². The van der Waals surface area contributed by atoms with Crippen LogP contribution < -0.4 is 14.9 Å². The summed E-state index contributed by atoms with van der Waals surface area (Å²) in [6.07, 6.45) is 0. The summed E-state index contributed by atoms with van der Waals surface area (Å²) in [7, 11) is -2.75. The maximum Gasteiger partial charge on any atom is 0.270 e. The average Bonchev–Trinajstić information content (AvgIpc) is 2.79. The van der Waals surface area contributed by atoms with Gasteiger partial charge in [-0.1, -0.05) is 17.7 Å². The Morgan fingerprint density at radius 2 is 1.76 bits per heavy atom. The number of nitro benzene ring substituents is 1. The largest absolute Gasteiger partial charge is 0.507 e. The number of hydrogen-bond donors (Lipinski definition) is 3. The van der Waals surface area contributed by atoms with Crippen LogP contribution in [0.5, 0.6) is 11.5 Å². The van der Waals surface area contributed by atoms with Crippen molar-refractivity contribution < 1.29 is 23.2 Å². The summed E-state index contributed by atoms with van der Waals surface area (Å²) in [5.74, 6) is 0.388. The molecule has 10 nitrogen and oxygen atoms in total. The highest BCUT2D eigenvalue weighted by Gasteiger charge is 2.23. The molecule has 178 valence electrons. The van der Waals surface area contributed by atoms with Gasteiger partial charge in [-0.2, -0.15) is 5.10 Å². The predicted molar refractivity (Wildman–Crippen MR) is 130 cm³/mol. The van der Waals surface area contributed by atoms with Gasteiger partial charge in [0.25, 0.3) is 15.7 Å². The molecule has 0 aliphatic heterocycles. The highest BCUT2D eigenvalue weighted by Crippen LogP contribution is 2.30. The van der Waals surface area contributed by atoms with Gasteiger partial charge in [-0.05, 0) is 50.6 Å². The van der Waals surface area contributed by atoms with E-state index in [1.165, 1.54) is 25.3 Å². The summed E-state index contributed by atoms with van der Waals surface area (Å²) in [5, 5.41) is 25.7. The lowest BCUT2D eigenvalue weighted by Crippen LogP contribution is -2.16. The Labute approximate surface area is 197 Å². The molecule has 0 radical (unpaired) electrons. The van der Waals surface area contributed by atoms with E-state index in [9.17, 15) is 23.6 Å². The van der Waals surface area contributed by atoms with E-state index in [0.717, 1.165) is 11.6 Å². The van der Waals surface area contributed by atoms with Crippen LogP contribution in [0.15, 0.2) is 64.6 Å². The summed E-state index contributed by atoms with van der Waals surface area (Å²) in [4.78, 5) is 10.3. The van der Waals surface area contributed by atoms with Gasteiger partial charge >= 0.3 is 0 Å². The van der Waals surface area contributed by atoms with Gasteiger partial charge in [0.1, 0.15) is 16.4 Å². The zero-order valence-electron chi connectivity index (χ0n) is 19.0. The first-order valence-electron chi connectivity index (χ1n) is 10.1. The molecule has 0 fully saturated rings. The molecule has 0 aliphatic rings. The van der Waals surface area contributed by atoms with E-state index in [2.05, 4.69) is 15.2 Å². The smallest absolute Gasteiger partial charge is 0.270 e. The van der Waals surface area contributed by atoms with Crippen LogP contribution in [0.1, 0.15) is 23.6 Å². The fourth-order valence-electron chi connectivity index (χ4n) is 3.22. The Bertz CT molecular complexity index is 1390. The van der Waals surface area contributed by atoms with Gasteiger partial charge in [0.2, 0.25) is 0 Å². The Kier molecular flexibility index (Phi) is 7.06. The standard InChI is InChI=1S/C23H24N4O6S/c1-14-5-9-20(15(2)11-14)26-34(31,32)23-12-17(27(29)30)6-10-21(23)25-24-16(3)19-8-7-18(33-4)13-22(19)28/h5-13,25-26,28H,1-4H3/b24-16+. The van der Waals surface area contributed by atoms with Gasteiger partial charge in [0, 0.05) is 23.8 Å². The van der Waals surface area contributed by atoms with Gasteiger partial charge in [-0.3, -0.25) is 20.3 Å². The molecule has 0 aromatic heterocycles. The lowest BCUT2D eigenvalue weighted by Gasteiger charge is -2.14. The minimum atomic E-state index is -4.22. The number of benzene rings is 3. The van der Waals surface area contributed by atoms with E-state index in [1.54, 1.807) is 38.1 Å². The third kappa shape index (κ3) is 5.44. The molecule has 0 heterocycles. The fourth-order valence-corrected chi connectivity index (χ4v) is 4.52. The van der Waals surface area contributed by atoms with Crippen molar-refractivity contribution in [3.05, 3.63) is 81.4 Å². The number of nitrogens with zero attached hydrogens (tertiary/aromatic N) is 2. The maximum absolute atomic E-state index is 13.2. The molecule has 0 saturated carbocycles. The normalized spacial score (nSPS) is 11.7. The van der Waals surface area contributed by atoms with E-state index in [-0.39, 0.29) is 22.0 Å². The Hall–Kier alpha value is -4.12. The predicted octanol–water partition coefficient (Wildman–Crippen LogP) is 4.56. The quantitative estimate of drug-likeness (QED) is 0.241. The number of hydrogen-bond acceptors (Lipinski definition) is 8. The number of anilines is 2. The topological polar surface area (TPSA) is 143 Å². The second-order valence-electron chi connectivity index (χ2n) is 7.55. The number of methoxy groups -OCH3 is 1. The molecule has 0 unspecified atom stereocenters. The van der Waals surface area contributed by atoms with Gasteiger partial charge in [-0.15, -0.1) is 0 Å². The number of rotatable bonds is 8.